The smallest absolute Gasteiger partial charge is 0.284 e. The van der Waals surface area contributed by atoms with Gasteiger partial charge in [-0.05, 0) is 47.7 Å². The van der Waals surface area contributed by atoms with E-state index in [0.29, 0.717) is 10.5 Å². The number of carbonyl (C=O) groups excluding carboxylic acids is 1. The number of carbonyl (C=O) groups is 1. The number of phenols is 1. The molecule has 3 rings (SSSR count). The largest absolute Gasteiger partial charge is 0.508 e. The minimum Gasteiger partial charge on any atom is -0.508 e. The summed E-state index contributed by atoms with van der Waals surface area (Å²) in [6, 6.07) is 14.1. The molecule has 1 aliphatic rings. The summed E-state index contributed by atoms with van der Waals surface area (Å²) in [6.07, 6.45) is 1.59. The van der Waals surface area contributed by atoms with Gasteiger partial charge in [0.15, 0.2) is 5.17 Å². The molecule has 0 unspecified atom stereocenters. The molecule has 0 saturated carbocycles. The fourth-order valence-corrected chi connectivity index (χ4v) is 3.95. The van der Waals surface area contributed by atoms with Crippen LogP contribution in [0, 0.1) is 0 Å². The van der Waals surface area contributed by atoms with Crippen LogP contribution in [0.5, 0.6) is 5.75 Å². The number of amides is 1. The predicted molar refractivity (Wildman–Crippen MR) is 92.9 cm³/mol. The molecule has 6 nitrogen and oxygen atoms in total. The van der Waals surface area contributed by atoms with Gasteiger partial charge in [0.25, 0.3) is 15.9 Å². The van der Waals surface area contributed by atoms with Crippen LogP contribution in [-0.4, -0.2) is 24.6 Å². The van der Waals surface area contributed by atoms with Gasteiger partial charge in [-0.25, -0.2) is 0 Å². The van der Waals surface area contributed by atoms with Crippen LogP contribution in [0.25, 0.3) is 6.08 Å². The van der Waals surface area contributed by atoms with E-state index in [4.69, 9.17) is 0 Å². The second kappa shape index (κ2) is 6.50. The van der Waals surface area contributed by atoms with Crippen LogP contribution < -0.4 is 5.32 Å². The third-order valence-corrected chi connectivity index (χ3v) is 5.40. The molecule has 122 valence electrons. The monoisotopic (exact) mass is 360 g/mol. The summed E-state index contributed by atoms with van der Waals surface area (Å²) < 4.78 is 28.1. The number of phenolic OH excluding ortho intramolecular Hbond substituents is 1. The minimum absolute atomic E-state index is 0.00822. The molecule has 8 heteroatoms. The molecule has 1 amide bonds. The number of amidine groups is 1. The van der Waals surface area contributed by atoms with Crippen molar-refractivity contribution in [2.75, 3.05) is 0 Å². The fraction of sp³-hybridized carbons (Fsp3) is 0. The second-order valence-electron chi connectivity index (χ2n) is 4.84. The summed E-state index contributed by atoms with van der Waals surface area (Å²) in [5.74, 6) is -0.299. The van der Waals surface area contributed by atoms with Crippen molar-refractivity contribution in [2.24, 2.45) is 4.40 Å². The highest BCUT2D eigenvalue weighted by atomic mass is 32.2. The van der Waals surface area contributed by atoms with Gasteiger partial charge in [-0.3, -0.25) is 10.1 Å². The first-order valence-electron chi connectivity index (χ1n) is 6.84. The molecule has 2 aromatic rings. The van der Waals surface area contributed by atoms with E-state index in [-0.39, 0.29) is 15.8 Å². The molecule has 1 heterocycles. The number of benzene rings is 2. The second-order valence-corrected chi connectivity index (χ2v) is 7.48. The van der Waals surface area contributed by atoms with Crippen LogP contribution >= 0.6 is 11.8 Å². The van der Waals surface area contributed by atoms with E-state index in [2.05, 4.69) is 9.71 Å². The van der Waals surface area contributed by atoms with Crippen LogP contribution in [0.1, 0.15) is 5.56 Å². The van der Waals surface area contributed by atoms with E-state index < -0.39 is 15.9 Å². The standard InChI is InChI=1S/C16H12N2O4S2/c19-12-8-6-11(7-9-12)10-14-15(20)17-16(23-14)18-24(21,22)13-4-2-1-3-5-13/h1-10,19H,(H,17,18,20). The number of hydrogen-bond donors (Lipinski definition) is 2. The van der Waals surface area contributed by atoms with Crippen LogP contribution in [-0.2, 0) is 14.8 Å². The number of hydrogen-bond acceptors (Lipinski definition) is 5. The van der Waals surface area contributed by atoms with E-state index in [1.807, 2.05) is 0 Å². The highest BCUT2D eigenvalue weighted by Crippen LogP contribution is 2.27. The molecule has 1 fully saturated rings. The Balaban J connectivity index is 1.85. The van der Waals surface area contributed by atoms with Gasteiger partial charge in [0.05, 0.1) is 9.80 Å². The van der Waals surface area contributed by atoms with Crippen molar-refractivity contribution in [1.29, 1.82) is 0 Å². The fourth-order valence-electron chi connectivity index (χ4n) is 1.95. The van der Waals surface area contributed by atoms with Crippen molar-refractivity contribution in [1.82, 2.24) is 5.32 Å². The van der Waals surface area contributed by atoms with Gasteiger partial charge in [-0.15, -0.1) is 4.40 Å². The van der Waals surface area contributed by atoms with Gasteiger partial charge < -0.3 is 5.11 Å². The molecule has 0 aromatic heterocycles. The Morgan fingerprint density at radius 1 is 1.04 bits per heavy atom. The first-order valence-corrected chi connectivity index (χ1v) is 9.10. The molecule has 0 aliphatic carbocycles. The lowest BCUT2D eigenvalue weighted by Crippen LogP contribution is -2.20. The Morgan fingerprint density at radius 3 is 2.38 bits per heavy atom. The molecule has 0 spiro atoms. The summed E-state index contributed by atoms with van der Waals surface area (Å²) in [4.78, 5) is 12.3. The molecular formula is C16H12N2O4S2. The van der Waals surface area contributed by atoms with Gasteiger partial charge in [-0.1, -0.05) is 30.3 Å². The van der Waals surface area contributed by atoms with Crippen LogP contribution in [0.15, 0.2) is 68.8 Å². The number of thioether (sulfide) groups is 1. The Kier molecular flexibility index (Phi) is 4.41. The first kappa shape index (κ1) is 16.3. The average Bonchev–Trinajstić information content (AvgIpc) is 2.89. The van der Waals surface area contributed by atoms with Crippen molar-refractivity contribution in [3.63, 3.8) is 0 Å². The van der Waals surface area contributed by atoms with Crippen molar-refractivity contribution < 1.29 is 18.3 Å². The highest BCUT2D eigenvalue weighted by Gasteiger charge is 2.26. The average molecular weight is 360 g/mol. The molecule has 2 aromatic carbocycles. The molecular weight excluding hydrogens is 348 g/mol. The molecule has 0 atom stereocenters. The van der Waals surface area contributed by atoms with Crippen LogP contribution in [0.3, 0.4) is 0 Å². The molecule has 0 bridgehead atoms. The summed E-state index contributed by atoms with van der Waals surface area (Å²) in [6.45, 7) is 0. The Labute approximate surface area is 143 Å². The topological polar surface area (TPSA) is 95.8 Å². The Bertz CT molecular complexity index is 934. The van der Waals surface area contributed by atoms with Crippen molar-refractivity contribution in [2.45, 2.75) is 4.90 Å². The van der Waals surface area contributed by atoms with Gasteiger partial charge in [0.1, 0.15) is 5.75 Å². The van der Waals surface area contributed by atoms with E-state index in [9.17, 15) is 18.3 Å². The number of nitrogens with one attached hydrogen (secondary N) is 1. The summed E-state index contributed by atoms with van der Waals surface area (Å²) in [7, 11) is -3.88. The number of rotatable bonds is 3. The third-order valence-electron chi connectivity index (χ3n) is 3.09. The molecule has 1 aliphatic heterocycles. The third kappa shape index (κ3) is 3.66. The summed E-state index contributed by atoms with van der Waals surface area (Å²) in [5, 5.41) is 11.7. The van der Waals surface area contributed by atoms with Crippen LogP contribution in [0.4, 0.5) is 0 Å². The predicted octanol–water partition coefficient (Wildman–Crippen LogP) is 2.34. The van der Waals surface area contributed by atoms with Gasteiger partial charge in [0, 0.05) is 0 Å². The lowest BCUT2D eigenvalue weighted by Gasteiger charge is -1.99. The van der Waals surface area contributed by atoms with Gasteiger partial charge in [-0.2, -0.15) is 8.42 Å². The van der Waals surface area contributed by atoms with E-state index in [1.54, 1.807) is 36.4 Å². The summed E-state index contributed by atoms with van der Waals surface area (Å²) >= 11 is 0.948. The van der Waals surface area contributed by atoms with Crippen molar-refractivity contribution in [3.05, 3.63) is 65.1 Å². The Hall–Kier alpha value is -2.58. The quantitative estimate of drug-likeness (QED) is 0.819. The van der Waals surface area contributed by atoms with Gasteiger partial charge in [0.2, 0.25) is 0 Å². The van der Waals surface area contributed by atoms with Crippen molar-refractivity contribution in [3.8, 4) is 5.75 Å². The van der Waals surface area contributed by atoms with E-state index >= 15 is 0 Å². The zero-order valence-electron chi connectivity index (χ0n) is 12.2. The molecule has 24 heavy (non-hydrogen) atoms. The first-order chi connectivity index (χ1) is 11.4. The lowest BCUT2D eigenvalue weighted by molar-refractivity contribution is -0.115. The van der Waals surface area contributed by atoms with Crippen LogP contribution in [0.2, 0.25) is 0 Å². The number of nitrogens with zero attached hydrogens (tertiary/aromatic N) is 1. The maximum atomic E-state index is 12.2. The molecule has 2 N–H and O–H groups in total. The number of aromatic hydroxyl groups is 1. The normalized spacial score (nSPS) is 18.1. The summed E-state index contributed by atoms with van der Waals surface area (Å²) in [5.41, 5.74) is 0.706. The SMILES string of the molecule is O=C1NC(=NS(=O)(=O)c2ccccc2)SC1=Cc1ccc(O)cc1. The zero-order valence-corrected chi connectivity index (χ0v) is 13.8. The Morgan fingerprint density at radius 2 is 1.71 bits per heavy atom. The molecule has 1 saturated heterocycles. The maximum absolute atomic E-state index is 12.2. The van der Waals surface area contributed by atoms with E-state index in [1.165, 1.54) is 24.3 Å². The minimum atomic E-state index is -3.88. The van der Waals surface area contributed by atoms with Crippen molar-refractivity contribution >= 4 is 38.9 Å². The lowest BCUT2D eigenvalue weighted by atomic mass is 10.2. The highest BCUT2D eigenvalue weighted by molar-refractivity contribution is 8.19. The van der Waals surface area contributed by atoms with E-state index in [0.717, 1.165) is 11.8 Å². The molecule has 0 radical (unpaired) electrons. The zero-order chi connectivity index (χ0) is 17.2. The van der Waals surface area contributed by atoms with Gasteiger partial charge >= 0.3 is 0 Å². The maximum Gasteiger partial charge on any atom is 0.284 e. The number of sulfonamides is 1.